The first-order chi connectivity index (χ1) is 8.27. The molecule has 0 amide bonds. The van der Waals surface area contributed by atoms with Gasteiger partial charge in [-0.3, -0.25) is 0 Å². The van der Waals surface area contributed by atoms with Gasteiger partial charge in [0.05, 0.1) is 5.57 Å². The first-order valence-corrected chi connectivity index (χ1v) is 6.13. The van der Waals surface area contributed by atoms with Crippen molar-refractivity contribution in [3.63, 3.8) is 0 Å². The molecule has 0 aliphatic heterocycles. The van der Waals surface area contributed by atoms with E-state index in [2.05, 4.69) is 0 Å². The Morgan fingerprint density at radius 3 is 2.28 bits per heavy atom. The van der Waals surface area contributed by atoms with Crippen LogP contribution in [0.15, 0.2) is 23.0 Å². The van der Waals surface area contributed by atoms with Crippen molar-refractivity contribution in [2.75, 3.05) is 0 Å². The Morgan fingerprint density at radius 2 is 1.94 bits per heavy atom. The molecule has 0 radical (unpaired) electrons. The van der Waals surface area contributed by atoms with Crippen molar-refractivity contribution >= 4 is 11.9 Å². The fraction of sp³-hybridized carbons (Fsp3) is 0.571. The number of carboxylic acids is 1. The summed E-state index contributed by atoms with van der Waals surface area (Å²) >= 11 is 0. The zero-order valence-electron chi connectivity index (χ0n) is 11.4. The number of hydrogen-bond donors (Lipinski definition) is 1. The molecule has 0 heterocycles. The molecule has 4 nitrogen and oxygen atoms in total. The lowest BCUT2D eigenvalue weighted by molar-refractivity contribution is -0.135. The van der Waals surface area contributed by atoms with E-state index in [-0.39, 0.29) is 5.57 Å². The third-order valence-electron chi connectivity index (χ3n) is 3.10. The van der Waals surface area contributed by atoms with E-state index in [0.29, 0.717) is 5.57 Å². The van der Waals surface area contributed by atoms with Gasteiger partial charge in [-0.05, 0) is 24.7 Å². The Balaban J connectivity index is 2.79. The molecule has 1 aliphatic rings. The van der Waals surface area contributed by atoms with Gasteiger partial charge in [-0.25, -0.2) is 9.59 Å². The smallest absolute Gasteiger partial charge is 0.338 e. The molecular formula is C14H20O4. The zero-order valence-corrected chi connectivity index (χ0v) is 11.4. The fourth-order valence-corrected chi connectivity index (χ4v) is 1.79. The predicted octanol–water partition coefficient (Wildman–Crippen LogP) is 3.04. The SMILES string of the molecule is CCC1=C(C(=O)OC=C(C(=O)O)C(C)(C)C)CC1. The van der Waals surface area contributed by atoms with Gasteiger partial charge >= 0.3 is 11.9 Å². The van der Waals surface area contributed by atoms with Gasteiger partial charge in [-0.1, -0.05) is 33.3 Å². The molecule has 1 rings (SSSR count). The number of carbonyl (C=O) groups excluding carboxylic acids is 1. The minimum atomic E-state index is -1.06. The minimum absolute atomic E-state index is 0.0915. The van der Waals surface area contributed by atoms with Crippen LogP contribution in [-0.4, -0.2) is 17.0 Å². The first kappa shape index (κ1) is 14.5. The number of rotatable bonds is 4. The molecule has 0 aromatic rings. The molecule has 0 aromatic carbocycles. The molecule has 0 saturated carbocycles. The van der Waals surface area contributed by atoms with E-state index >= 15 is 0 Å². The second kappa shape index (κ2) is 5.38. The average molecular weight is 252 g/mol. The molecule has 0 bridgehead atoms. The molecule has 1 aliphatic carbocycles. The van der Waals surface area contributed by atoms with Crippen LogP contribution in [0.1, 0.15) is 47.0 Å². The van der Waals surface area contributed by atoms with Gasteiger partial charge < -0.3 is 9.84 Å². The maximum atomic E-state index is 11.7. The average Bonchev–Trinajstić information content (AvgIpc) is 2.13. The quantitative estimate of drug-likeness (QED) is 0.474. The molecule has 0 spiro atoms. The van der Waals surface area contributed by atoms with Crippen molar-refractivity contribution in [3.8, 4) is 0 Å². The molecule has 0 atom stereocenters. The van der Waals surface area contributed by atoms with Gasteiger partial charge in [0.25, 0.3) is 0 Å². The molecule has 1 N–H and O–H groups in total. The van der Waals surface area contributed by atoms with Crippen molar-refractivity contribution in [3.05, 3.63) is 23.0 Å². The summed E-state index contributed by atoms with van der Waals surface area (Å²) in [6.45, 7) is 7.29. The highest BCUT2D eigenvalue weighted by Crippen LogP contribution is 2.31. The Hall–Kier alpha value is -1.58. The van der Waals surface area contributed by atoms with E-state index in [1.807, 2.05) is 6.92 Å². The van der Waals surface area contributed by atoms with Gasteiger partial charge in [0.2, 0.25) is 0 Å². The van der Waals surface area contributed by atoms with Gasteiger partial charge in [0.1, 0.15) is 6.26 Å². The van der Waals surface area contributed by atoms with E-state index in [1.165, 1.54) is 0 Å². The van der Waals surface area contributed by atoms with Crippen molar-refractivity contribution in [1.82, 2.24) is 0 Å². The molecule has 18 heavy (non-hydrogen) atoms. The Kier molecular flexibility index (Phi) is 4.33. The Bertz CT molecular complexity index is 422. The lowest BCUT2D eigenvalue weighted by atomic mass is 9.86. The number of ether oxygens (including phenoxy) is 1. The van der Waals surface area contributed by atoms with Gasteiger partial charge in [-0.15, -0.1) is 0 Å². The summed E-state index contributed by atoms with van der Waals surface area (Å²) in [6, 6.07) is 0. The number of carboxylic acid groups (broad SMARTS) is 1. The van der Waals surface area contributed by atoms with Crippen LogP contribution in [0, 0.1) is 5.41 Å². The Labute approximate surface area is 107 Å². The predicted molar refractivity (Wildman–Crippen MR) is 67.8 cm³/mol. The largest absolute Gasteiger partial charge is 0.478 e. The highest BCUT2D eigenvalue weighted by Gasteiger charge is 2.26. The molecule has 0 fully saturated rings. The van der Waals surface area contributed by atoms with Crippen molar-refractivity contribution in [1.29, 1.82) is 0 Å². The van der Waals surface area contributed by atoms with Gasteiger partial charge in [0.15, 0.2) is 0 Å². The summed E-state index contributed by atoms with van der Waals surface area (Å²) in [4.78, 5) is 22.8. The second-order valence-corrected chi connectivity index (χ2v) is 5.43. The van der Waals surface area contributed by atoms with Crippen LogP contribution < -0.4 is 0 Å². The van der Waals surface area contributed by atoms with E-state index in [0.717, 1.165) is 31.1 Å². The third-order valence-corrected chi connectivity index (χ3v) is 3.10. The van der Waals surface area contributed by atoms with Crippen LogP contribution in [0.3, 0.4) is 0 Å². The molecule has 0 saturated heterocycles. The van der Waals surface area contributed by atoms with Crippen LogP contribution in [0.25, 0.3) is 0 Å². The normalized spacial score (nSPS) is 16.3. The standard InChI is InChI=1S/C14H20O4/c1-5-9-6-7-10(9)13(17)18-8-11(12(15)16)14(2,3)4/h8H,5-7H2,1-4H3,(H,15,16). The highest BCUT2D eigenvalue weighted by atomic mass is 16.5. The summed E-state index contributed by atoms with van der Waals surface area (Å²) in [5, 5.41) is 9.06. The number of allylic oxidation sites excluding steroid dienone is 1. The lowest BCUT2D eigenvalue weighted by Gasteiger charge is -2.22. The van der Waals surface area contributed by atoms with Crippen LogP contribution in [0.2, 0.25) is 0 Å². The second-order valence-electron chi connectivity index (χ2n) is 5.43. The van der Waals surface area contributed by atoms with E-state index < -0.39 is 17.4 Å². The summed E-state index contributed by atoms with van der Waals surface area (Å²) in [7, 11) is 0. The van der Waals surface area contributed by atoms with Crippen LogP contribution in [-0.2, 0) is 14.3 Å². The van der Waals surface area contributed by atoms with E-state index in [1.54, 1.807) is 20.8 Å². The highest BCUT2D eigenvalue weighted by molar-refractivity contribution is 5.92. The molecule has 4 heteroatoms. The van der Waals surface area contributed by atoms with Gasteiger partial charge in [-0.2, -0.15) is 0 Å². The number of esters is 1. The van der Waals surface area contributed by atoms with Crippen molar-refractivity contribution < 1.29 is 19.4 Å². The summed E-state index contributed by atoms with van der Waals surface area (Å²) < 4.78 is 4.99. The number of hydrogen-bond acceptors (Lipinski definition) is 3. The molecule has 0 aromatic heterocycles. The minimum Gasteiger partial charge on any atom is -0.478 e. The monoisotopic (exact) mass is 252 g/mol. The zero-order chi connectivity index (χ0) is 13.9. The van der Waals surface area contributed by atoms with Crippen LogP contribution in [0.4, 0.5) is 0 Å². The lowest BCUT2D eigenvalue weighted by Crippen LogP contribution is -2.20. The van der Waals surface area contributed by atoms with Crippen LogP contribution in [0.5, 0.6) is 0 Å². The fourth-order valence-electron chi connectivity index (χ4n) is 1.79. The van der Waals surface area contributed by atoms with E-state index in [4.69, 9.17) is 9.84 Å². The molecule has 0 unspecified atom stereocenters. The maximum Gasteiger partial charge on any atom is 0.338 e. The maximum absolute atomic E-state index is 11.7. The summed E-state index contributed by atoms with van der Waals surface area (Å²) in [5.74, 6) is -1.48. The summed E-state index contributed by atoms with van der Waals surface area (Å²) in [6.07, 6.45) is 3.59. The molecule has 100 valence electrons. The van der Waals surface area contributed by atoms with Crippen molar-refractivity contribution in [2.24, 2.45) is 5.41 Å². The van der Waals surface area contributed by atoms with E-state index in [9.17, 15) is 9.59 Å². The van der Waals surface area contributed by atoms with Crippen molar-refractivity contribution in [2.45, 2.75) is 47.0 Å². The summed E-state index contributed by atoms with van der Waals surface area (Å²) in [5.41, 5.74) is 1.34. The number of carbonyl (C=O) groups is 2. The molecular weight excluding hydrogens is 232 g/mol. The first-order valence-electron chi connectivity index (χ1n) is 6.13. The van der Waals surface area contributed by atoms with Gasteiger partial charge in [0, 0.05) is 5.57 Å². The third kappa shape index (κ3) is 3.22. The Morgan fingerprint density at radius 1 is 1.33 bits per heavy atom. The topological polar surface area (TPSA) is 63.6 Å². The van der Waals surface area contributed by atoms with Crippen LogP contribution >= 0.6 is 0 Å². The number of aliphatic carboxylic acids is 1.